The van der Waals surface area contributed by atoms with E-state index in [0.717, 1.165) is 17.5 Å². The first-order valence-electron chi connectivity index (χ1n) is 10.6. The molecule has 1 fully saturated rings. The summed E-state index contributed by atoms with van der Waals surface area (Å²) in [6, 6.07) is 19.0. The topological polar surface area (TPSA) is 79.7 Å². The minimum absolute atomic E-state index is 0.0762. The molecular weight excluding hydrogens is 404 g/mol. The number of carbonyl (C=O) groups excluding carboxylic acids is 2. The van der Waals surface area contributed by atoms with Crippen molar-refractivity contribution in [1.29, 1.82) is 0 Å². The lowest BCUT2D eigenvalue weighted by atomic mass is 9.95. The number of amides is 1. The number of ether oxygens (including phenoxy) is 1. The van der Waals surface area contributed by atoms with Crippen LogP contribution in [0, 0.1) is 0 Å². The number of hydrogen-bond acceptors (Lipinski definition) is 5. The van der Waals surface area contributed by atoms with E-state index in [-0.39, 0.29) is 17.9 Å². The number of nitrogens with zero attached hydrogens (tertiary/aromatic N) is 2. The molecule has 1 aliphatic heterocycles. The third-order valence-electron chi connectivity index (χ3n) is 5.33. The van der Waals surface area contributed by atoms with Crippen LogP contribution >= 0.6 is 0 Å². The molecule has 6 heteroatoms. The molecule has 2 aromatic carbocycles. The first-order valence-corrected chi connectivity index (χ1v) is 10.6. The van der Waals surface area contributed by atoms with E-state index in [2.05, 4.69) is 4.98 Å². The predicted octanol–water partition coefficient (Wildman–Crippen LogP) is 4.49. The molecule has 0 bridgehead atoms. The average molecular weight is 428 g/mol. The lowest BCUT2D eigenvalue weighted by Crippen LogP contribution is -2.29. The number of rotatable bonds is 7. The molecule has 0 unspecified atom stereocenters. The average Bonchev–Trinajstić information content (AvgIpc) is 3.08. The normalized spacial score (nSPS) is 17.5. The molecule has 1 saturated heterocycles. The maximum atomic E-state index is 13.1. The highest BCUT2D eigenvalue weighted by atomic mass is 16.5. The van der Waals surface area contributed by atoms with Crippen molar-refractivity contribution in [2.75, 3.05) is 6.61 Å². The summed E-state index contributed by atoms with van der Waals surface area (Å²) in [4.78, 5) is 31.7. The second-order valence-electron chi connectivity index (χ2n) is 7.57. The molecule has 0 radical (unpaired) electrons. The van der Waals surface area contributed by atoms with E-state index in [1.807, 2.05) is 43.3 Å². The van der Waals surface area contributed by atoms with Gasteiger partial charge in [0.25, 0.3) is 11.7 Å². The maximum absolute atomic E-state index is 13.1. The van der Waals surface area contributed by atoms with Gasteiger partial charge in [-0.1, -0.05) is 55.5 Å². The Morgan fingerprint density at radius 2 is 1.78 bits per heavy atom. The van der Waals surface area contributed by atoms with Gasteiger partial charge < -0.3 is 14.7 Å². The van der Waals surface area contributed by atoms with Crippen LogP contribution in [-0.4, -0.2) is 33.3 Å². The minimum Gasteiger partial charge on any atom is -0.507 e. The third-order valence-corrected chi connectivity index (χ3v) is 5.33. The molecule has 1 aliphatic rings. The van der Waals surface area contributed by atoms with Crippen molar-refractivity contribution in [2.24, 2.45) is 0 Å². The highest BCUT2D eigenvalue weighted by molar-refractivity contribution is 6.46. The number of aliphatic hydroxyl groups is 1. The zero-order chi connectivity index (χ0) is 22.5. The first-order chi connectivity index (χ1) is 15.6. The van der Waals surface area contributed by atoms with Crippen LogP contribution in [0.4, 0.5) is 0 Å². The Kier molecular flexibility index (Phi) is 6.31. The molecular formula is C26H24N2O4. The van der Waals surface area contributed by atoms with Crippen LogP contribution in [0.25, 0.3) is 5.76 Å². The van der Waals surface area contributed by atoms with Crippen molar-refractivity contribution >= 4 is 17.4 Å². The Hall–Kier alpha value is -3.93. The molecule has 1 amide bonds. The third kappa shape index (κ3) is 4.25. The number of likely N-dealkylation sites (tertiary alicyclic amines) is 1. The van der Waals surface area contributed by atoms with Gasteiger partial charge in [0.15, 0.2) is 0 Å². The van der Waals surface area contributed by atoms with E-state index in [1.165, 1.54) is 4.90 Å². The first kappa shape index (κ1) is 21.3. The number of aromatic nitrogens is 1. The standard InChI is InChI=1S/C26H24N2O4/c1-2-15-32-21-12-10-19(11-13-21)23-22(24(29)20-8-4-3-5-9-20)25(30)26(31)28(23)17-18-7-6-14-27-16-18/h3-14,16,23,29H,2,15,17H2,1H3/t23-/m0/s1. The number of carbonyl (C=O) groups is 2. The molecule has 0 aliphatic carbocycles. The van der Waals surface area contributed by atoms with Crippen molar-refractivity contribution in [3.63, 3.8) is 0 Å². The molecule has 2 heterocycles. The second-order valence-corrected chi connectivity index (χ2v) is 7.57. The van der Waals surface area contributed by atoms with E-state index < -0.39 is 17.7 Å². The van der Waals surface area contributed by atoms with Crippen LogP contribution in [0.15, 0.2) is 84.7 Å². The summed E-state index contributed by atoms with van der Waals surface area (Å²) in [7, 11) is 0. The second kappa shape index (κ2) is 9.47. The van der Waals surface area contributed by atoms with Crippen LogP contribution < -0.4 is 4.74 Å². The van der Waals surface area contributed by atoms with Gasteiger partial charge in [-0.15, -0.1) is 0 Å². The van der Waals surface area contributed by atoms with Crippen LogP contribution in [0.3, 0.4) is 0 Å². The Balaban J connectivity index is 1.79. The highest BCUT2D eigenvalue weighted by Gasteiger charge is 2.46. The van der Waals surface area contributed by atoms with Crippen LogP contribution in [0.5, 0.6) is 5.75 Å². The fourth-order valence-electron chi connectivity index (χ4n) is 3.80. The molecule has 32 heavy (non-hydrogen) atoms. The Morgan fingerprint density at radius 1 is 1.03 bits per heavy atom. The summed E-state index contributed by atoms with van der Waals surface area (Å²) in [6.45, 7) is 2.83. The number of pyridine rings is 1. The van der Waals surface area contributed by atoms with E-state index >= 15 is 0 Å². The van der Waals surface area contributed by atoms with Gasteiger partial charge in [0, 0.05) is 24.5 Å². The van der Waals surface area contributed by atoms with Crippen LogP contribution in [0.2, 0.25) is 0 Å². The lowest BCUT2D eigenvalue weighted by Gasteiger charge is -2.25. The largest absolute Gasteiger partial charge is 0.507 e. The Bertz CT molecular complexity index is 1130. The van der Waals surface area contributed by atoms with E-state index in [1.54, 1.807) is 42.7 Å². The fourth-order valence-corrected chi connectivity index (χ4v) is 3.80. The SMILES string of the molecule is CCCOc1ccc([C@H]2C(=C(O)c3ccccc3)C(=O)C(=O)N2Cc2cccnc2)cc1. The number of Topliss-reactive ketones (excluding diaryl/α,β-unsaturated/α-hetero) is 1. The zero-order valence-electron chi connectivity index (χ0n) is 17.8. The van der Waals surface area contributed by atoms with Gasteiger partial charge in [-0.25, -0.2) is 0 Å². The predicted molar refractivity (Wildman–Crippen MR) is 121 cm³/mol. The zero-order valence-corrected chi connectivity index (χ0v) is 17.8. The molecule has 162 valence electrons. The quantitative estimate of drug-likeness (QED) is 0.341. The fraction of sp³-hybridized carbons (Fsp3) is 0.192. The van der Waals surface area contributed by atoms with Gasteiger partial charge >= 0.3 is 0 Å². The molecule has 1 N–H and O–H groups in total. The van der Waals surface area contributed by atoms with Crippen molar-refractivity contribution in [1.82, 2.24) is 9.88 Å². The van der Waals surface area contributed by atoms with Crippen molar-refractivity contribution in [3.05, 3.63) is 101 Å². The molecule has 0 saturated carbocycles. The lowest BCUT2D eigenvalue weighted by molar-refractivity contribution is -0.140. The highest BCUT2D eigenvalue weighted by Crippen LogP contribution is 2.40. The summed E-state index contributed by atoms with van der Waals surface area (Å²) >= 11 is 0. The Labute approximate surface area is 186 Å². The van der Waals surface area contributed by atoms with E-state index in [4.69, 9.17) is 4.74 Å². The Morgan fingerprint density at radius 3 is 2.44 bits per heavy atom. The van der Waals surface area contributed by atoms with Crippen molar-refractivity contribution < 1.29 is 19.4 Å². The molecule has 0 spiro atoms. The van der Waals surface area contributed by atoms with Gasteiger partial charge in [0.2, 0.25) is 0 Å². The van der Waals surface area contributed by atoms with E-state index in [9.17, 15) is 14.7 Å². The molecule has 4 rings (SSSR count). The summed E-state index contributed by atoms with van der Waals surface area (Å²) in [5, 5.41) is 11.0. The smallest absolute Gasteiger partial charge is 0.295 e. The molecule has 1 aromatic heterocycles. The molecule has 1 atom stereocenters. The monoisotopic (exact) mass is 428 g/mol. The van der Waals surface area contributed by atoms with Crippen molar-refractivity contribution in [3.8, 4) is 5.75 Å². The van der Waals surface area contributed by atoms with Crippen molar-refractivity contribution in [2.45, 2.75) is 25.9 Å². The molecule has 3 aromatic rings. The summed E-state index contributed by atoms with van der Waals surface area (Å²) < 4.78 is 5.66. The summed E-state index contributed by atoms with van der Waals surface area (Å²) in [5.41, 5.74) is 2.07. The van der Waals surface area contributed by atoms with Crippen LogP contribution in [-0.2, 0) is 16.1 Å². The van der Waals surface area contributed by atoms with Gasteiger partial charge in [0.05, 0.1) is 18.2 Å². The number of ketones is 1. The van der Waals surface area contributed by atoms with Gasteiger partial charge in [-0.3, -0.25) is 14.6 Å². The maximum Gasteiger partial charge on any atom is 0.295 e. The number of aliphatic hydroxyl groups excluding tert-OH is 1. The molecule has 6 nitrogen and oxygen atoms in total. The van der Waals surface area contributed by atoms with Gasteiger partial charge in [-0.05, 0) is 35.7 Å². The van der Waals surface area contributed by atoms with Gasteiger partial charge in [-0.2, -0.15) is 0 Å². The summed E-state index contributed by atoms with van der Waals surface area (Å²) in [5.74, 6) is -0.828. The number of benzene rings is 2. The van der Waals surface area contributed by atoms with E-state index in [0.29, 0.717) is 17.9 Å². The van der Waals surface area contributed by atoms with Gasteiger partial charge in [0.1, 0.15) is 11.5 Å². The summed E-state index contributed by atoms with van der Waals surface area (Å²) in [6.07, 6.45) is 4.21. The van der Waals surface area contributed by atoms with Crippen LogP contribution in [0.1, 0.15) is 36.1 Å². The minimum atomic E-state index is -0.726. The number of hydrogen-bond donors (Lipinski definition) is 1.